The van der Waals surface area contributed by atoms with Gasteiger partial charge in [0.15, 0.2) is 6.61 Å². The summed E-state index contributed by atoms with van der Waals surface area (Å²) in [6.45, 7) is -0.380. The third-order valence-electron chi connectivity index (χ3n) is 2.80. The molecule has 2 rings (SSSR count). The van der Waals surface area contributed by atoms with Gasteiger partial charge < -0.3 is 10.1 Å². The lowest BCUT2D eigenvalue weighted by atomic mass is 10.1. The monoisotopic (exact) mass is 304 g/mol. The van der Waals surface area contributed by atoms with Crippen molar-refractivity contribution in [2.45, 2.75) is 18.9 Å². The maximum Gasteiger partial charge on any atom is 0.349 e. The van der Waals surface area contributed by atoms with Crippen LogP contribution in [0.2, 0.25) is 5.02 Å². The molecule has 0 heterocycles. The molecule has 6 heteroatoms. The number of nitrogens with zero attached hydrogens (tertiary/aromatic N) is 1. The van der Waals surface area contributed by atoms with E-state index in [4.69, 9.17) is 21.6 Å². The summed E-state index contributed by atoms with van der Waals surface area (Å²) in [5.41, 5.74) is 0.479. The number of nitriles is 1. The number of nitrogens with one attached hydrogen (secondary N) is 1. The average molecular weight is 305 g/mol. The molecule has 1 aliphatic rings. The standard InChI is InChI=1S/C15H13ClN2O3/c16-12-3-1-10(2-4-12)7-11(8-17)15(20)21-9-14(19)18-13-5-6-13/h1-4,7,13H,5-6,9H2,(H,18,19)/b11-7+. The molecule has 0 unspecified atom stereocenters. The Bertz CT molecular complexity index is 613. The fourth-order valence-corrected chi connectivity index (χ4v) is 1.69. The molecule has 0 radical (unpaired) electrons. The van der Waals surface area contributed by atoms with Crippen LogP contribution in [-0.4, -0.2) is 24.5 Å². The second-order valence-electron chi connectivity index (χ2n) is 4.64. The number of hydrogen-bond acceptors (Lipinski definition) is 4. The molecule has 0 bridgehead atoms. The van der Waals surface area contributed by atoms with Crippen LogP contribution in [0.3, 0.4) is 0 Å². The zero-order valence-electron chi connectivity index (χ0n) is 11.1. The zero-order chi connectivity index (χ0) is 15.2. The Morgan fingerprint density at radius 3 is 2.62 bits per heavy atom. The van der Waals surface area contributed by atoms with Gasteiger partial charge in [0.1, 0.15) is 11.6 Å². The minimum Gasteiger partial charge on any atom is -0.451 e. The van der Waals surface area contributed by atoms with E-state index in [0.29, 0.717) is 10.6 Å². The van der Waals surface area contributed by atoms with Gasteiger partial charge in [0.05, 0.1) is 0 Å². The Morgan fingerprint density at radius 1 is 1.38 bits per heavy atom. The first-order chi connectivity index (χ1) is 10.1. The predicted molar refractivity (Wildman–Crippen MR) is 77.2 cm³/mol. The molecule has 0 atom stereocenters. The van der Waals surface area contributed by atoms with E-state index in [0.717, 1.165) is 12.8 Å². The topological polar surface area (TPSA) is 79.2 Å². The van der Waals surface area contributed by atoms with Crippen LogP contribution < -0.4 is 5.32 Å². The van der Waals surface area contributed by atoms with Gasteiger partial charge in [-0.15, -0.1) is 0 Å². The lowest BCUT2D eigenvalue weighted by Gasteiger charge is -2.04. The van der Waals surface area contributed by atoms with Crippen molar-refractivity contribution in [2.24, 2.45) is 0 Å². The van der Waals surface area contributed by atoms with E-state index in [9.17, 15) is 9.59 Å². The molecule has 0 aromatic heterocycles. The molecule has 1 aliphatic carbocycles. The van der Waals surface area contributed by atoms with Crippen LogP contribution in [0.1, 0.15) is 18.4 Å². The smallest absolute Gasteiger partial charge is 0.349 e. The quantitative estimate of drug-likeness (QED) is 0.513. The molecule has 1 fully saturated rings. The highest BCUT2D eigenvalue weighted by Crippen LogP contribution is 2.18. The Hall–Kier alpha value is -2.32. The van der Waals surface area contributed by atoms with Gasteiger partial charge in [0, 0.05) is 11.1 Å². The lowest BCUT2D eigenvalue weighted by molar-refractivity contribution is -0.144. The van der Waals surface area contributed by atoms with Gasteiger partial charge >= 0.3 is 5.97 Å². The third kappa shape index (κ3) is 4.93. The summed E-state index contributed by atoms with van der Waals surface area (Å²) in [6, 6.07) is 8.61. The molecule has 1 saturated carbocycles. The molecule has 5 nitrogen and oxygen atoms in total. The summed E-state index contributed by atoms with van der Waals surface area (Å²) in [5, 5.41) is 12.2. The van der Waals surface area contributed by atoms with E-state index in [-0.39, 0.29) is 24.1 Å². The van der Waals surface area contributed by atoms with Crippen molar-refractivity contribution >= 4 is 29.6 Å². The average Bonchev–Trinajstić information content (AvgIpc) is 3.28. The number of ether oxygens (including phenoxy) is 1. The summed E-state index contributed by atoms with van der Waals surface area (Å²) in [7, 11) is 0. The maximum atomic E-state index is 11.7. The largest absolute Gasteiger partial charge is 0.451 e. The first kappa shape index (κ1) is 15.1. The SMILES string of the molecule is N#C/C(=C\c1ccc(Cl)cc1)C(=O)OCC(=O)NC1CC1. The highest BCUT2D eigenvalue weighted by molar-refractivity contribution is 6.30. The van der Waals surface area contributed by atoms with Gasteiger partial charge in [0.25, 0.3) is 5.91 Å². The highest BCUT2D eigenvalue weighted by Gasteiger charge is 2.23. The van der Waals surface area contributed by atoms with Crippen LogP contribution in [-0.2, 0) is 14.3 Å². The summed E-state index contributed by atoms with van der Waals surface area (Å²) < 4.78 is 4.81. The number of rotatable bonds is 5. The van der Waals surface area contributed by atoms with Gasteiger partial charge in [-0.05, 0) is 36.6 Å². The van der Waals surface area contributed by atoms with E-state index in [2.05, 4.69) is 5.32 Å². The molecular weight excluding hydrogens is 292 g/mol. The van der Waals surface area contributed by atoms with E-state index >= 15 is 0 Å². The molecule has 1 amide bonds. The van der Waals surface area contributed by atoms with Gasteiger partial charge in [-0.2, -0.15) is 5.26 Å². The highest BCUT2D eigenvalue weighted by atomic mass is 35.5. The number of esters is 1. The maximum absolute atomic E-state index is 11.7. The second-order valence-corrected chi connectivity index (χ2v) is 5.08. The van der Waals surface area contributed by atoms with Gasteiger partial charge in [0.2, 0.25) is 0 Å². The van der Waals surface area contributed by atoms with Crippen molar-refractivity contribution in [3.63, 3.8) is 0 Å². The molecule has 108 valence electrons. The third-order valence-corrected chi connectivity index (χ3v) is 3.05. The Kier molecular flexibility index (Phi) is 4.96. The summed E-state index contributed by atoms with van der Waals surface area (Å²) in [6.07, 6.45) is 3.30. The van der Waals surface area contributed by atoms with Crippen LogP contribution >= 0.6 is 11.6 Å². The van der Waals surface area contributed by atoms with Crippen LogP contribution in [0, 0.1) is 11.3 Å². The number of amides is 1. The lowest BCUT2D eigenvalue weighted by Crippen LogP contribution is -2.30. The van der Waals surface area contributed by atoms with Crippen molar-refractivity contribution in [1.82, 2.24) is 5.32 Å². The molecular formula is C15H13ClN2O3. The van der Waals surface area contributed by atoms with E-state index in [1.165, 1.54) is 6.08 Å². The van der Waals surface area contributed by atoms with E-state index < -0.39 is 5.97 Å². The molecule has 0 saturated heterocycles. The molecule has 0 aliphatic heterocycles. The predicted octanol–water partition coefficient (Wildman–Crippen LogP) is 2.07. The fraction of sp³-hybridized carbons (Fsp3) is 0.267. The van der Waals surface area contributed by atoms with Crippen LogP contribution in [0.15, 0.2) is 29.8 Å². The van der Waals surface area contributed by atoms with Crippen molar-refractivity contribution in [2.75, 3.05) is 6.61 Å². The van der Waals surface area contributed by atoms with Crippen LogP contribution in [0.4, 0.5) is 0 Å². The van der Waals surface area contributed by atoms with E-state index in [1.807, 2.05) is 0 Å². The number of hydrogen-bond donors (Lipinski definition) is 1. The zero-order valence-corrected chi connectivity index (χ0v) is 11.9. The minimum atomic E-state index is -0.821. The summed E-state index contributed by atoms with van der Waals surface area (Å²) in [5.74, 6) is -1.17. The fourth-order valence-electron chi connectivity index (χ4n) is 1.57. The Labute approximate surface area is 127 Å². The molecule has 0 spiro atoms. The summed E-state index contributed by atoms with van der Waals surface area (Å²) >= 11 is 5.75. The van der Waals surface area contributed by atoms with Crippen molar-refractivity contribution in [1.29, 1.82) is 5.26 Å². The molecule has 1 aromatic carbocycles. The van der Waals surface area contributed by atoms with Gasteiger partial charge in [-0.3, -0.25) is 4.79 Å². The number of benzene rings is 1. The Balaban J connectivity index is 1.92. The minimum absolute atomic E-state index is 0.170. The summed E-state index contributed by atoms with van der Waals surface area (Å²) in [4.78, 5) is 23.1. The first-order valence-electron chi connectivity index (χ1n) is 6.42. The molecule has 1 aromatic rings. The molecule has 21 heavy (non-hydrogen) atoms. The van der Waals surface area contributed by atoms with E-state index in [1.54, 1.807) is 30.3 Å². The van der Waals surface area contributed by atoms with Gasteiger partial charge in [-0.1, -0.05) is 23.7 Å². The Morgan fingerprint density at radius 2 is 2.05 bits per heavy atom. The second kappa shape index (κ2) is 6.91. The van der Waals surface area contributed by atoms with Crippen molar-refractivity contribution in [3.8, 4) is 6.07 Å². The van der Waals surface area contributed by atoms with Gasteiger partial charge in [-0.25, -0.2) is 4.79 Å². The normalized spacial score (nSPS) is 14.2. The number of halogens is 1. The van der Waals surface area contributed by atoms with Crippen LogP contribution in [0.5, 0.6) is 0 Å². The number of carbonyl (C=O) groups excluding carboxylic acids is 2. The van der Waals surface area contributed by atoms with Crippen molar-refractivity contribution < 1.29 is 14.3 Å². The van der Waals surface area contributed by atoms with Crippen molar-refractivity contribution in [3.05, 3.63) is 40.4 Å². The first-order valence-corrected chi connectivity index (χ1v) is 6.80. The molecule has 1 N–H and O–H groups in total. The van der Waals surface area contributed by atoms with Crippen LogP contribution in [0.25, 0.3) is 6.08 Å². The number of carbonyl (C=O) groups is 2.